The number of likely N-dealkylation sites (tertiary alicyclic amines) is 1. The van der Waals surface area contributed by atoms with Crippen LogP contribution in [0.25, 0.3) is 0 Å². The fourth-order valence-electron chi connectivity index (χ4n) is 4.74. The molecule has 1 aromatic rings. The van der Waals surface area contributed by atoms with Crippen LogP contribution in [0.2, 0.25) is 0 Å². The third-order valence-electron chi connectivity index (χ3n) is 6.30. The number of benzene rings is 1. The minimum Gasteiger partial charge on any atom is -0.384 e. The molecule has 0 radical (unpaired) electrons. The summed E-state index contributed by atoms with van der Waals surface area (Å²) < 4.78 is 56.1. The monoisotopic (exact) mass is 455 g/mol. The highest BCUT2D eigenvalue weighted by Crippen LogP contribution is 2.45. The average molecular weight is 455 g/mol. The molecule has 32 heavy (non-hydrogen) atoms. The number of alkyl halides is 3. The Hall–Kier alpha value is -2.35. The molecule has 2 atom stereocenters. The van der Waals surface area contributed by atoms with Crippen molar-refractivity contribution in [3.8, 4) is 6.07 Å². The second kappa shape index (κ2) is 10.1. The predicted octanol–water partition coefficient (Wildman–Crippen LogP) is 2.54. The van der Waals surface area contributed by atoms with Gasteiger partial charge in [0.15, 0.2) is 0 Å². The zero-order valence-corrected chi connectivity index (χ0v) is 18.3. The van der Waals surface area contributed by atoms with Gasteiger partial charge in [0.05, 0.1) is 37.0 Å². The van der Waals surface area contributed by atoms with Gasteiger partial charge >= 0.3 is 6.18 Å². The second-order valence-electron chi connectivity index (χ2n) is 8.36. The molecule has 2 aliphatic heterocycles. The van der Waals surface area contributed by atoms with Crippen molar-refractivity contribution < 1.29 is 32.2 Å². The number of hydrogen-bond donors (Lipinski definition) is 0. The number of ether oxygens (including phenoxy) is 3. The number of amides is 1. The van der Waals surface area contributed by atoms with Crippen molar-refractivity contribution in [1.82, 2.24) is 4.90 Å². The number of rotatable bonds is 8. The Morgan fingerprint density at radius 2 is 2.03 bits per heavy atom. The van der Waals surface area contributed by atoms with Crippen LogP contribution in [0, 0.1) is 22.7 Å². The molecule has 7 nitrogen and oxygen atoms in total. The normalized spacial score (nSPS) is 23.2. The van der Waals surface area contributed by atoms with Crippen LogP contribution in [0.4, 0.5) is 18.9 Å². The van der Waals surface area contributed by atoms with Crippen molar-refractivity contribution >= 4 is 11.6 Å². The third kappa shape index (κ3) is 5.17. The first-order valence-electron chi connectivity index (χ1n) is 10.4. The number of halogens is 3. The van der Waals surface area contributed by atoms with Gasteiger partial charge < -0.3 is 24.0 Å². The Balaban J connectivity index is 1.77. The molecule has 2 heterocycles. The molecule has 0 bridgehead atoms. The van der Waals surface area contributed by atoms with E-state index < -0.39 is 17.3 Å². The van der Waals surface area contributed by atoms with Gasteiger partial charge in [-0.2, -0.15) is 18.4 Å². The zero-order chi connectivity index (χ0) is 23.4. The highest BCUT2D eigenvalue weighted by Gasteiger charge is 2.51. The summed E-state index contributed by atoms with van der Waals surface area (Å²) in [5, 5.41) is 9.06. The number of nitriles is 1. The van der Waals surface area contributed by atoms with Crippen molar-refractivity contribution in [2.45, 2.75) is 12.6 Å². The number of anilines is 1. The molecule has 2 aliphatic rings. The van der Waals surface area contributed by atoms with Gasteiger partial charge in [0.2, 0.25) is 5.91 Å². The van der Waals surface area contributed by atoms with Crippen LogP contribution in [0.5, 0.6) is 0 Å². The van der Waals surface area contributed by atoms with E-state index in [1.165, 1.54) is 6.07 Å². The highest BCUT2D eigenvalue weighted by molar-refractivity contribution is 5.77. The molecule has 0 saturated carbocycles. The van der Waals surface area contributed by atoms with Crippen LogP contribution in [0.15, 0.2) is 18.2 Å². The summed E-state index contributed by atoms with van der Waals surface area (Å²) in [5.41, 5.74) is -1.29. The average Bonchev–Trinajstić information content (AvgIpc) is 3.14. The molecule has 1 aromatic carbocycles. The number of carbonyl (C=O) groups is 1. The summed E-state index contributed by atoms with van der Waals surface area (Å²) in [5.74, 6) is 0.0529. The van der Waals surface area contributed by atoms with Gasteiger partial charge in [-0.15, -0.1) is 0 Å². The molecule has 0 aliphatic carbocycles. The van der Waals surface area contributed by atoms with Gasteiger partial charge in [-0.25, -0.2) is 0 Å². The molecule has 0 unspecified atom stereocenters. The number of fused-ring (bicyclic) bond motifs is 1. The topological polar surface area (TPSA) is 75.0 Å². The number of piperidine rings is 1. The number of nitrogens with zero attached hydrogens (tertiary/aromatic N) is 3. The van der Waals surface area contributed by atoms with E-state index in [-0.39, 0.29) is 23.8 Å². The molecule has 10 heteroatoms. The van der Waals surface area contributed by atoms with Gasteiger partial charge in [-0.3, -0.25) is 4.79 Å². The van der Waals surface area contributed by atoms with Gasteiger partial charge in [0.1, 0.15) is 6.61 Å². The molecule has 1 amide bonds. The van der Waals surface area contributed by atoms with Crippen LogP contribution in [-0.4, -0.2) is 77.6 Å². The molecule has 176 valence electrons. The number of hydrogen-bond acceptors (Lipinski definition) is 6. The maximum Gasteiger partial charge on any atom is 0.417 e. The van der Waals surface area contributed by atoms with E-state index in [0.29, 0.717) is 51.7 Å². The Labute approximate surface area is 185 Å². The van der Waals surface area contributed by atoms with Crippen molar-refractivity contribution in [2.75, 3.05) is 71.7 Å². The lowest BCUT2D eigenvalue weighted by Gasteiger charge is -2.43. The summed E-state index contributed by atoms with van der Waals surface area (Å²) in [6.45, 7) is 3.14. The third-order valence-corrected chi connectivity index (χ3v) is 6.30. The molecular formula is C22H28F3N3O4. The number of carbonyl (C=O) groups excluding carboxylic acids is 1. The molecule has 0 spiro atoms. The lowest BCUT2D eigenvalue weighted by atomic mass is 9.74. The van der Waals surface area contributed by atoms with Crippen molar-refractivity contribution in [3.05, 3.63) is 29.3 Å². The minimum absolute atomic E-state index is 0.0363. The van der Waals surface area contributed by atoms with Crippen LogP contribution in [0.3, 0.4) is 0 Å². The summed E-state index contributed by atoms with van der Waals surface area (Å²) in [7, 11) is 3.15. The minimum atomic E-state index is -4.61. The summed E-state index contributed by atoms with van der Waals surface area (Å²) in [6, 6.07) is 5.44. The summed E-state index contributed by atoms with van der Waals surface area (Å²) >= 11 is 0. The smallest absolute Gasteiger partial charge is 0.384 e. The van der Waals surface area contributed by atoms with Crippen LogP contribution in [0.1, 0.15) is 17.5 Å². The maximum atomic E-state index is 13.4. The maximum absolute atomic E-state index is 13.4. The van der Waals surface area contributed by atoms with Crippen molar-refractivity contribution in [3.63, 3.8) is 0 Å². The lowest BCUT2D eigenvalue weighted by Crippen LogP contribution is -2.53. The van der Waals surface area contributed by atoms with E-state index in [1.807, 2.05) is 4.90 Å². The van der Waals surface area contributed by atoms with Crippen LogP contribution < -0.4 is 4.90 Å². The first-order chi connectivity index (χ1) is 15.2. The Kier molecular flexibility index (Phi) is 7.64. The largest absolute Gasteiger partial charge is 0.417 e. The lowest BCUT2D eigenvalue weighted by molar-refractivity contribution is -0.142. The fraction of sp³-hybridized carbons (Fsp3) is 0.636. The predicted molar refractivity (Wildman–Crippen MR) is 110 cm³/mol. The van der Waals surface area contributed by atoms with Gasteiger partial charge in [0, 0.05) is 51.5 Å². The molecule has 3 rings (SSSR count). The molecular weight excluding hydrogens is 427 g/mol. The van der Waals surface area contributed by atoms with E-state index >= 15 is 0 Å². The first kappa shape index (κ1) is 24.3. The molecule has 2 saturated heterocycles. The Morgan fingerprint density at radius 1 is 1.25 bits per heavy atom. The zero-order valence-electron chi connectivity index (χ0n) is 18.3. The van der Waals surface area contributed by atoms with Gasteiger partial charge in [-0.05, 0) is 30.5 Å². The van der Waals surface area contributed by atoms with Crippen molar-refractivity contribution in [1.29, 1.82) is 5.26 Å². The Bertz CT molecular complexity index is 858. The van der Waals surface area contributed by atoms with Crippen LogP contribution in [-0.2, 0) is 25.2 Å². The van der Waals surface area contributed by atoms with E-state index in [1.54, 1.807) is 31.3 Å². The van der Waals surface area contributed by atoms with E-state index in [9.17, 15) is 18.0 Å². The van der Waals surface area contributed by atoms with Crippen LogP contribution >= 0.6 is 0 Å². The summed E-state index contributed by atoms with van der Waals surface area (Å²) in [6.07, 6.45) is -3.88. The first-order valence-corrected chi connectivity index (χ1v) is 10.4. The highest BCUT2D eigenvalue weighted by atomic mass is 19.4. The molecule has 0 aromatic heterocycles. The van der Waals surface area contributed by atoms with Gasteiger partial charge in [0.25, 0.3) is 0 Å². The SMILES string of the molecule is COCCOCC(=O)N1CC[C@@H]2CN(c3ccc(C#N)c(C(F)(F)F)c3)C[C@]2(COC)C1. The molecule has 0 N–H and O–H groups in total. The summed E-state index contributed by atoms with van der Waals surface area (Å²) in [4.78, 5) is 16.3. The van der Waals surface area contributed by atoms with E-state index in [2.05, 4.69) is 0 Å². The standard InChI is InChI=1S/C22H28F3N3O4/c1-30-7-8-32-12-20(29)27-6-5-17-11-28(14-21(17,13-27)15-31-2)18-4-3-16(10-26)19(9-18)22(23,24)25/h3-4,9,17H,5-8,11-15H2,1-2H3/t17-,21+/m1/s1. The second-order valence-corrected chi connectivity index (χ2v) is 8.36. The fourth-order valence-corrected chi connectivity index (χ4v) is 4.74. The molecule has 2 fully saturated rings. The van der Waals surface area contributed by atoms with E-state index in [4.69, 9.17) is 19.5 Å². The number of methoxy groups -OCH3 is 2. The van der Waals surface area contributed by atoms with E-state index in [0.717, 1.165) is 12.5 Å². The Morgan fingerprint density at radius 3 is 2.69 bits per heavy atom. The van der Waals surface area contributed by atoms with Crippen molar-refractivity contribution in [2.24, 2.45) is 11.3 Å². The quantitative estimate of drug-likeness (QED) is 0.561. The van der Waals surface area contributed by atoms with Gasteiger partial charge in [-0.1, -0.05) is 0 Å².